The Labute approximate surface area is 140 Å². The predicted octanol–water partition coefficient (Wildman–Crippen LogP) is 3.52. The summed E-state index contributed by atoms with van der Waals surface area (Å²) in [4.78, 5) is 12.9. The number of nitrogens with zero attached hydrogens (tertiary/aromatic N) is 1. The van der Waals surface area contributed by atoms with E-state index in [-0.39, 0.29) is 11.8 Å². The topological polar surface area (TPSA) is 49.7 Å². The van der Waals surface area contributed by atoms with Gasteiger partial charge in [0.2, 0.25) is 0 Å². The number of benzene rings is 1. The van der Waals surface area contributed by atoms with Crippen molar-refractivity contribution in [2.45, 2.75) is 18.9 Å². The Bertz CT molecular complexity index is 637. The second-order valence-corrected chi connectivity index (χ2v) is 5.43. The molecule has 1 heterocycles. The Morgan fingerprint density at radius 3 is 2.35 bits per heavy atom. The third-order valence-corrected chi connectivity index (χ3v) is 4.11. The van der Waals surface area contributed by atoms with Gasteiger partial charge in [0.15, 0.2) is 0 Å². The van der Waals surface area contributed by atoms with E-state index < -0.39 is 5.97 Å². The van der Waals surface area contributed by atoms with Gasteiger partial charge in [-0.3, -0.25) is 4.79 Å². The van der Waals surface area contributed by atoms with Crippen LogP contribution in [0.1, 0.15) is 29.0 Å². The molecule has 0 saturated heterocycles. The molecule has 6 heteroatoms. The highest BCUT2D eigenvalue weighted by molar-refractivity contribution is 7.94. The maximum Gasteiger partial charge on any atom is 0.363 e. The van der Waals surface area contributed by atoms with E-state index in [9.17, 15) is 4.79 Å². The maximum absolute atomic E-state index is 12.9. The molecule has 0 spiro atoms. The SMILES string of the molecule is COC(OC)(OSC)C(=O)c1cccn1[C@H](C)c1ccccc1. The molecule has 0 unspecified atom stereocenters. The van der Waals surface area contributed by atoms with Crippen LogP contribution in [0.5, 0.6) is 0 Å². The van der Waals surface area contributed by atoms with E-state index in [1.807, 2.05) is 54.1 Å². The van der Waals surface area contributed by atoms with E-state index in [0.717, 1.165) is 17.6 Å². The van der Waals surface area contributed by atoms with Crippen molar-refractivity contribution >= 4 is 17.8 Å². The fraction of sp³-hybridized carbons (Fsp3) is 0.353. The van der Waals surface area contributed by atoms with E-state index in [4.69, 9.17) is 13.7 Å². The highest BCUT2D eigenvalue weighted by Crippen LogP contribution is 2.27. The number of carbonyl (C=O) groups excluding carboxylic acids is 1. The van der Waals surface area contributed by atoms with E-state index in [0.29, 0.717) is 5.69 Å². The largest absolute Gasteiger partial charge is 0.363 e. The normalized spacial score (nSPS) is 13.0. The lowest BCUT2D eigenvalue weighted by Gasteiger charge is -2.28. The van der Waals surface area contributed by atoms with Gasteiger partial charge in [-0.15, -0.1) is 0 Å². The summed E-state index contributed by atoms with van der Waals surface area (Å²) in [6, 6.07) is 13.5. The fourth-order valence-electron chi connectivity index (χ4n) is 2.46. The monoisotopic (exact) mass is 335 g/mol. The zero-order chi connectivity index (χ0) is 16.9. The lowest BCUT2D eigenvalue weighted by Crippen LogP contribution is -2.44. The Morgan fingerprint density at radius 1 is 1.13 bits per heavy atom. The minimum absolute atomic E-state index is 0.00848. The van der Waals surface area contributed by atoms with Gasteiger partial charge in [0.05, 0.1) is 11.7 Å². The third-order valence-electron chi connectivity index (χ3n) is 3.72. The smallest absolute Gasteiger partial charge is 0.338 e. The highest BCUT2D eigenvalue weighted by Gasteiger charge is 2.43. The van der Waals surface area contributed by atoms with Gasteiger partial charge in [-0.1, -0.05) is 30.3 Å². The van der Waals surface area contributed by atoms with Gasteiger partial charge in [-0.25, -0.2) is 4.18 Å². The lowest BCUT2D eigenvalue weighted by molar-refractivity contribution is -0.275. The van der Waals surface area contributed by atoms with Gasteiger partial charge in [0.25, 0.3) is 5.78 Å². The predicted molar refractivity (Wildman–Crippen MR) is 90.4 cm³/mol. The average molecular weight is 335 g/mol. The van der Waals surface area contributed by atoms with Gasteiger partial charge in [-0.05, 0) is 36.7 Å². The van der Waals surface area contributed by atoms with E-state index >= 15 is 0 Å². The molecule has 124 valence electrons. The molecule has 0 aliphatic rings. The Kier molecular flexibility index (Phi) is 6.01. The molecule has 0 aliphatic heterocycles. The second-order valence-electron chi connectivity index (χ2n) is 4.93. The molecule has 0 fully saturated rings. The summed E-state index contributed by atoms with van der Waals surface area (Å²) >= 11 is 1.01. The lowest BCUT2D eigenvalue weighted by atomic mass is 10.1. The fourth-order valence-corrected chi connectivity index (χ4v) is 2.89. The van der Waals surface area contributed by atoms with Crippen LogP contribution in [-0.2, 0) is 13.7 Å². The number of aromatic nitrogens is 1. The molecule has 23 heavy (non-hydrogen) atoms. The summed E-state index contributed by atoms with van der Waals surface area (Å²) in [7, 11) is 2.76. The zero-order valence-electron chi connectivity index (χ0n) is 13.7. The molecule has 1 atom stereocenters. The molecule has 1 aromatic heterocycles. The number of ether oxygens (including phenoxy) is 2. The minimum atomic E-state index is -1.76. The summed E-state index contributed by atoms with van der Waals surface area (Å²) in [6.07, 6.45) is 3.56. The highest BCUT2D eigenvalue weighted by atomic mass is 32.2. The van der Waals surface area contributed by atoms with Crippen molar-refractivity contribution in [3.63, 3.8) is 0 Å². The Balaban J connectivity index is 2.38. The molecule has 0 aliphatic carbocycles. The molecule has 0 amide bonds. The standard InChI is InChI=1S/C17H21NO4S/c1-13(14-9-6-5-7-10-14)18-12-8-11-15(18)16(19)17(20-2,21-3)22-23-4/h5-13H,1-4H3/t13-/m1/s1. The van der Waals surface area contributed by atoms with Crippen molar-refractivity contribution in [2.24, 2.45) is 0 Å². The van der Waals surface area contributed by atoms with Crippen LogP contribution in [0, 0.1) is 0 Å². The maximum atomic E-state index is 12.9. The van der Waals surface area contributed by atoms with E-state index in [2.05, 4.69) is 0 Å². The van der Waals surface area contributed by atoms with Crippen LogP contribution >= 0.6 is 12.0 Å². The zero-order valence-corrected chi connectivity index (χ0v) is 14.5. The average Bonchev–Trinajstić information content (AvgIpc) is 3.09. The van der Waals surface area contributed by atoms with Crippen LogP contribution < -0.4 is 0 Å². The number of Topliss-reactive ketones (excluding diaryl/α,β-unsaturated/α-hetero) is 1. The van der Waals surface area contributed by atoms with E-state index in [1.165, 1.54) is 14.2 Å². The summed E-state index contributed by atoms with van der Waals surface area (Å²) in [6.45, 7) is 2.03. The molecule has 0 bridgehead atoms. The number of hydrogen-bond acceptors (Lipinski definition) is 5. The van der Waals surface area contributed by atoms with Crippen LogP contribution in [-0.4, -0.2) is 36.8 Å². The van der Waals surface area contributed by atoms with Crippen LogP contribution in [0.25, 0.3) is 0 Å². The third kappa shape index (κ3) is 3.50. The summed E-state index contributed by atoms with van der Waals surface area (Å²) in [5.74, 6) is -2.14. The molecule has 1 aromatic carbocycles. The van der Waals surface area contributed by atoms with Crippen molar-refractivity contribution in [3.05, 3.63) is 59.9 Å². The molecule has 2 aromatic rings. The van der Waals surface area contributed by atoms with Crippen molar-refractivity contribution in [3.8, 4) is 0 Å². The minimum Gasteiger partial charge on any atom is -0.338 e. The summed E-state index contributed by atoms with van der Waals surface area (Å²) in [5.41, 5.74) is 1.56. The molecule has 5 nitrogen and oxygen atoms in total. The second kappa shape index (κ2) is 7.79. The van der Waals surface area contributed by atoms with Crippen molar-refractivity contribution in [2.75, 3.05) is 20.5 Å². The molecule has 0 radical (unpaired) electrons. The first kappa shape index (κ1) is 17.7. The van der Waals surface area contributed by atoms with Gasteiger partial charge in [-0.2, -0.15) is 0 Å². The van der Waals surface area contributed by atoms with Crippen molar-refractivity contribution < 1.29 is 18.5 Å². The van der Waals surface area contributed by atoms with Crippen molar-refractivity contribution in [1.29, 1.82) is 0 Å². The number of methoxy groups -OCH3 is 2. The van der Waals surface area contributed by atoms with Crippen LogP contribution in [0.15, 0.2) is 48.7 Å². The van der Waals surface area contributed by atoms with Gasteiger partial charge < -0.3 is 14.0 Å². The van der Waals surface area contributed by atoms with Crippen LogP contribution in [0.3, 0.4) is 0 Å². The van der Waals surface area contributed by atoms with Crippen LogP contribution in [0.2, 0.25) is 0 Å². The number of ketones is 1. The first-order valence-corrected chi connectivity index (χ1v) is 8.33. The molecule has 2 rings (SSSR count). The first-order chi connectivity index (χ1) is 11.1. The van der Waals surface area contributed by atoms with Crippen LogP contribution in [0.4, 0.5) is 0 Å². The molecule has 0 saturated carbocycles. The number of hydrogen-bond donors (Lipinski definition) is 0. The molecular weight excluding hydrogens is 314 g/mol. The number of carbonyl (C=O) groups is 1. The Morgan fingerprint density at radius 2 is 1.78 bits per heavy atom. The first-order valence-electron chi connectivity index (χ1n) is 7.18. The van der Waals surface area contributed by atoms with Gasteiger partial charge >= 0.3 is 5.97 Å². The Hall–Kier alpha value is -1.60. The van der Waals surface area contributed by atoms with Gasteiger partial charge in [0, 0.05) is 26.7 Å². The quantitative estimate of drug-likeness (QED) is 0.420. The molecular formula is C17H21NO4S. The van der Waals surface area contributed by atoms with Crippen molar-refractivity contribution in [1.82, 2.24) is 4.57 Å². The molecule has 0 N–H and O–H groups in total. The van der Waals surface area contributed by atoms with E-state index in [1.54, 1.807) is 12.3 Å². The number of rotatable bonds is 8. The summed E-state index contributed by atoms with van der Waals surface area (Å²) < 4.78 is 17.7. The van der Waals surface area contributed by atoms with Gasteiger partial charge in [0.1, 0.15) is 0 Å². The summed E-state index contributed by atoms with van der Waals surface area (Å²) in [5, 5.41) is 0.